The first-order valence-corrected chi connectivity index (χ1v) is 6.40. The lowest BCUT2D eigenvalue weighted by atomic mass is 10.2. The van der Waals surface area contributed by atoms with Crippen LogP contribution in [0.5, 0.6) is 0 Å². The minimum absolute atomic E-state index is 0.440. The topological polar surface area (TPSA) is 40.5 Å². The van der Waals surface area contributed by atoms with Gasteiger partial charge in [0, 0.05) is 37.1 Å². The molecule has 0 saturated heterocycles. The van der Waals surface area contributed by atoms with E-state index in [0.29, 0.717) is 5.92 Å². The fourth-order valence-electron chi connectivity index (χ4n) is 1.66. The van der Waals surface area contributed by atoms with Crippen LogP contribution in [0.3, 0.4) is 0 Å². The van der Waals surface area contributed by atoms with E-state index in [1.54, 1.807) is 11.3 Å². The van der Waals surface area contributed by atoms with Crippen molar-refractivity contribution in [1.29, 1.82) is 0 Å². The van der Waals surface area contributed by atoms with Crippen molar-refractivity contribution < 1.29 is 0 Å². The summed E-state index contributed by atoms with van der Waals surface area (Å²) < 4.78 is 0. The van der Waals surface area contributed by atoms with Crippen molar-refractivity contribution in [3.8, 4) is 0 Å². The Bertz CT molecular complexity index is 385. The van der Waals surface area contributed by atoms with Crippen molar-refractivity contribution in [2.75, 3.05) is 26.7 Å². The van der Waals surface area contributed by atoms with Gasteiger partial charge in [0.1, 0.15) is 0 Å². The van der Waals surface area contributed by atoms with Crippen molar-refractivity contribution >= 4 is 17.3 Å². The smallest absolute Gasteiger partial charge is 0.193 e. The van der Waals surface area contributed by atoms with E-state index in [9.17, 15) is 0 Å². The predicted molar refractivity (Wildman–Crippen MR) is 68.2 cm³/mol. The van der Waals surface area contributed by atoms with E-state index >= 15 is 0 Å². The van der Waals surface area contributed by atoms with Crippen LogP contribution in [0.2, 0.25) is 0 Å². The summed E-state index contributed by atoms with van der Waals surface area (Å²) in [5.41, 5.74) is 0. The van der Waals surface area contributed by atoms with Gasteiger partial charge in [0.15, 0.2) is 5.96 Å². The van der Waals surface area contributed by atoms with Gasteiger partial charge >= 0.3 is 0 Å². The zero-order valence-corrected chi connectivity index (χ0v) is 10.8. The van der Waals surface area contributed by atoms with Gasteiger partial charge < -0.3 is 10.2 Å². The zero-order chi connectivity index (χ0) is 11.5. The molecule has 0 aliphatic carbocycles. The number of aromatic nitrogens is 1. The molecule has 1 unspecified atom stereocenters. The van der Waals surface area contributed by atoms with Gasteiger partial charge in [0.2, 0.25) is 0 Å². The predicted octanol–water partition coefficient (Wildman–Crippen LogP) is 1.45. The highest BCUT2D eigenvalue weighted by Gasteiger charge is 2.14. The van der Waals surface area contributed by atoms with Crippen molar-refractivity contribution in [3.05, 3.63) is 16.1 Å². The monoisotopic (exact) mass is 238 g/mol. The molecule has 1 aliphatic rings. The van der Waals surface area contributed by atoms with Crippen molar-refractivity contribution in [2.45, 2.75) is 19.8 Å². The second kappa shape index (κ2) is 4.82. The molecule has 0 radical (unpaired) electrons. The quantitative estimate of drug-likeness (QED) is 0.866. The lowest BCUT2D eigenvalue weighted by Gasteiger charge is -2.17. The third-order valence-corrected chi connectivity index (χ3v) is 3.83. The van der Waals surface area contributed by atoms with Crippen LogP contribution in [0.4, 0.5) is 0 Å². The summed E-state index contributed by atoms with van der Waals surface area (Å²) in [6.45, 7) is 7.11. The molecule has 1 N–H and O–H groups in total. The molecular formula is C11H18N4S. The summed E-state index contributed by atoms with van der Waals surface area (Å²) >= 11 is 1.77. The fourth-order valence-corrected chi connectivity index (χ4v) is 2.48. The minimum Gasteiger partial charge on any atom is -0.356 e. The Balaban J connectivity index is 1.86. The maximum Gasteiger partial charge on any atom is 0.193 e. The summed E-state index contributed by atoms with van der Waals surface area (Å²) in [5.74, 6) is 1.45. The van der Waals surface area contributed by atoms with Gasteiger partial charge in [-0.25, -0.2) is 4.98 Å². The van der Waals surface area contributed by atoms with Crippen molar-refractivity contribution in [2.24, 2.45) is 4.99 Å². The number of rotatable bonds is 3. The van der Waals surface area contributed by atoms with E-state index in [0.717, 1.165) is 25.6 Å². The lowest BCUT2D eigenvalue weighted by Crippen LogP contribution is -2.37. The average molecular weight is 238 g/mol. The summed E-state index contributed by atoms with van der Waals surface area (Å²) in [7, 11) is 2.07. The highest BCUT2D eigenvalue weighted by atomic mass is 32.1. The molecular weight excluding hydrogens is 220 g/mol. The Labute approximate surface area is 100 Å². The van der Waals surface area contributed by atoms with Crippen LogP contribution in [0, 0.1) is 6.92 Å². The van der Waals surface area contributed by atoms with Crippen LogP contribution >= 0.6 is 11.3 Å². The van der Waals surface area contributed by atoms with E-state index < -0.39 is 0 Å². The number of aryl methyl sites for hydroxylation is 1. The Morgan fingerprint density at radius 3 is 3.00 bits per heavy atom. The molecule has 0 aromatic carbocycles. The number of likely N-dealkylation sites (N-methyl/N-ethyl adjacent to an activating group) is 1. The Morgan fingerprint density at radius 2 is 2.44 bits per heavy atom. The standard InChI is InChI=1S/C11H18N4S/c1-8(10-13-7-9(2)16-10)6-14-11-12-4-5-15(11)3/h7-8H,4-6H2,1-3H3,(H,12,14). The average Bonchev–Trinajstić information content (AvgIpc) is 2.84. The number of hydrogen-bond acceptors (Lipinski definition) is 5. The summed E-state index contributed by atoms with van der Waals surface area (Å²) in [4.78, 5) is 12.2. The summed E-state index contributed by atoms with van der Waals surface area (Å²) in [5, 5.41) is 4.58. The number of thiazole rings is 1. The largest absolute Gasteiger partial charge is 0.356 e. The Morgan fingerprint density at radius 1 is 1.62 bits per heavy atom. The van der Waals surface area contributed by atoms with E-state index in [1.165, 1.54) is 9.88 Å². The van der Waals surface area contributed by atoms with Gasteiger partial charge in [-0.15, -0.1) is 11.3 Å². The Hall–Kier alpha value is -1.10. The molecule has 5 heteroatoms. The first-order valence-electron chi connectivity index (χ1n) is 5.58. The van der Waals surface area contributed by atoms with Crippen LogP contribution < -0.4 is 5.32 Å². The highest BCUT2D eigenvalue weighted by Crippen LogP contribution is 2.20. The van der Waals surface area contributed by atoms with Gasteiger partial charge in [-0.2, -0.15) is 0 Å². The maximum atomic E-state index is 4.40. The maximum absolute atomic E-state index is 4.40. The molecule has 0 amide bonds. The van der Waals surface area contributed by atoms with Crippen LogP contribution in [0.25, 0.3) is 0 Å². The zero-order valence-electron chi connectivity index (χ0n) is 10.0. The molecule has 1 atom stereocenters. The van der Waals surface area contributed by atoms with Crippen molar-refractivity contribution in [3.63, 3.8) is 0 Å². The van der Waals surface area contributed by atoms with Crippen LogP contribution in [-0.4, -0.2) is 42.5 Å². The van der Waals surface area contributed by atoms with E-state index in [1.807, 2.05) is 6.20 Å². The van der Waals surface area contributed by atoms with Crippen LogP contribution in [-0.2, 0) is 0 Å². The third-order valence-electron chi connectivity index (χ3n) is 2.69. The van der Waals surface area contributed by atoms with Crippen LogP contribution in [0.1, 0.15) is 22.7 Å². The minimum atomic E-state index is 0.440. The molecule has 1 aromatic heterocycles. The second-order valence-corrected chi connectivity index (χ2v) is 5.48. The van der Waals surface area contributed by atoms with Gasteiger partial charge in [-0.05, 0) is 6.92 Å². The molecule has 16 heavy (non-hydrogen) atoms. The Kier molecular flexibility index (Phi) is 3.43. The number of hydrogen-bond donors (Lipinski definition) is 1. The third kappa shape index (κ3) is 2.52. The first kappa shape index (κ1) is 11.4. The molecule has 0 bridgehead atoms. The molecule has 4 nitrogen and oxygen atoms in total. The molecule has 0 spiro atoms. The van der Waals surface area contributed by atoms with Gasteiger partial charge in [-0.3, -0.25) is 4.99 Å². The molecule has 1 aromatic rings. The summed E-state index contributed by atoms with van der Waals surface area (Å²) in [6.07, 6.45) is 1.94. The number of guanidine groups is 1. The molecule has 2 heterocycles. The number of nitrogens with one attached hydrogen (secondary N) is 1. The van der Waals surface area contributed by atoms with E-state index in [-0.39, 0.29) is 0 Å². The SMILES string of the molecule is Cc1cnc(C(C)CNC2=NCCN2C)s1. The molecule has 2 rings (SSSR count). The van der Waals surface area contributed by atoms with Crippen LogP contribution in [0.15, 0.2) is 11.2 Å². The highest BCUT2D eigenvalue weighted by molar-refractivity contribution is 7.11. The summed E-state index contributed by atoms with van der Waals surface area (Å²) in [6, 6.07) is 0. The number of nitrogens with zero attached hydrogens (tertiary/aromatic N) is 3. The van der Waals surface area contributed by atoms with Gasteiger partial charge in [-0.1, -0.05) is 6.92 Å². The second-order valence-electron chi connectivity index (χ2n) is 4.22. The van der Waals surface area contributed by atoms with Gasteiger partial charge in [0.25, 0.3) is 0 Å². The van der Waals surface area contributed by atoms with E-state index in [4.69, 9.17) is 0 Å². The fraction of sp³-hybridized carbons (Fsp3) is 0.636. The molecule has 88 valence electrons. The molecule has 0 fully saturated rings. The lowest BCUT2D eigenvalue weighted by molar-refractivity contribution is 0.529. The molecule has 0 saturated carbocycles. The molecule has 1 aliphatic heterocycles. The van der Waals surface area contributed by atoms with Gasteiger partial charge in [0.05, 0.1) is 11.6 Å². The number of aliphatic imine (C=N–C) groups is 1. The normalized spacial score (nSPS) is 17.4. The van der Waals surface area contributed by atoms with E-state index in [2.05, 4.69) is 41.1 Å². The first-order chi connectivity index (χ1) is 7.66. The van der Waals surface area contributed by atoms with Crippen molar-refractivity contribution in [1.82, 2.24) is 15.2 Å².